The molecule has 0 saturated heterocycles. The molecule has 1 rings (SSSR count). The minimum atomic E-state index is -3.33. The minimum absolute atomic E-state index is 0.0360. The zero-order chi connectivity index (χ0) is 16.4. The van der Waals surface area contributed by atoms with Crippen molar-refractivity contribution >= 4 is 27.3 Å². The number of hydrogen-bond acceptors (Lipinski definition) is 5. The maximum absolute atomic E-state index is 12.0. The summed E-state index contributed by atoms with van der Waals surface area (Å²) in [4.78, 5) is 12.0. The summed E-state index contributed by atoms with van der Waals surface area (Å²) < 4.78 is 26.3. The lowest BCUT2D eigenvalue weighted by atomic mass is 10.1. The zero-order valence-electron chi connectivity index (χ0n) is 12.8. The van der Waals surface area contributed by atoms with Crippen LogP contribution in [-0.2, 0) is 10.0 Å². The van der Waals surface area contributed by atoms with Gasteiger partial charge in [0.05, 0.1) is 24.2 Å². The quantitative estimate of drug-likeness (QED) is 0.814. The number of sulfonamides is 1. The normalized spacial score (nSPS) is 12.7. The van der Waals surface area contributed by atoms with Crippen LogP contribution in [0.15, 0.2) is 11.0 Å². The third-order valence-corrected chi connectivity index (χ3v) is 3.90. The van der Waals surface area contributed by atoms with Crippen molar-refractivity contribution < 1.29 is 8.42 Å². The molecule has 0 unspecified atom stereocenters. The molecule has 2 N–H and O–H groups in total. The summed E-state index contributed by atoms with van der Waals surface area (Å²) in [6.45, 7) is 7.36. The van der Waals surface area contributed by atoms with Crippen LogP contribution in [0.5, 0.6) is 0 Å². The van der Waals surface area contributed by atoms with Crippen LogP contribution in [0.4, 0.5) is 5.69 Å². The van der Waals surface area contributed by atoms with Gasteiger partial charge in [-0.25, -0.2) is 17.8 Å². The second kappa shape index (κ2) is 6.33. The molecule has 120 valence electrons. The summed E-state index contributed by atoms with van der Waals surface area (Å²) in [7, 11) is -3.33. The van der Waals surface area contributed by atoms with Gasteiger partial charge in [0.2, 0.25) is 10.0 Å². The number of nitrogens with one attached hydrogen (secondary N) is 2. The molecule has 0 aliphatic rings. The first-order valence-electron chi connectivity index (χ1n) is 6.43. The standard InChI is InChI=1S/C12H21ClN4O3S/c1-8(2)17-11(18)10(13)9(6-15-17)14-7-12(3,4)16-21(5,19)20/h6,8,14,16H,7H2,1-5H3. The molecule has 0 fully saturated rings. The van der Waals surface area contributed by atoms with E-state index in [2.05, 4.69) is 15.1 Å². The van der Waals surface area contributed by atoms with Crippen molar-refractivity contribution in [2.24, 2.45) is 0 Å². The van der Waals surface area contributed by atoms with Crippen LogP contribution in [0.1, 0.15) is 33.7 Å². The molecule has 0 atom stereocenters. The highest BCUT2D eigenvalue weighted by Gasteiger charge is 2.22. The summed E-state index contributed by atoms with van der Waals surface area (Å²) in [5.41, 5.74) is -0.739. The molecular formula is C12H21ClN4O3S. The van der Waals surface area contributed by atoms with Gasteiger partial charge >= 0.3 is 0 Å². The topological polar surface area (TPSA) is 93.1 Å². The molecule has 0 spiro atoms. The minimum Gasteiger partial charge on any atom is -0.381 e. The predicted octanol–water partition coefficient (Wildman–Crippen LogP) is 1.22. The molecule has 0 amide bonds. The average Bonchev–Trinajstić information content (AvgIpc) is 2.27. The van der Waals surface area contributed by atoms with Crippen LogP contribution in [0.25, 0.3) is 0 Å². The fraction of sp³-hybridized carbons (Fsp3) is 0.667. The van der Waals surface area contributed by atoms with Gasteiger partial charge < -0.3 is 5.32 Å². The van der Waals surface area contributed by atoms with Crippen LogP contribution < -0.4 is 15.6 Å². The van der Waals surface area contributed by atoms with Crippen molar-refractivity contribution in [1.29, 1.82) is 0 Å². The van der Waals surface area contributed by atoms with Crippen molar-refractivity contribution in [2.45, 2.75) is 39.3 Å². The molecule has 21 heavy (non-hydrogen) atoms. The number of aromatic nitrogens is 2. The molecule has 9 heteroatoms. The fourth-order valence-electron chi connectivity index (χ4n) is 1.79. The molecule has 1 aromatic rings. The van der Waals surface area contributed by atoms with E-state index in [1.807, 2.05) is 13.8 Å². The lowest BCUT2D eigenvalue weighted by Gasteiger charge is -2.26. The molecule has 0 aliphatic heterocycles. The number of halogens is 1. The van der Waals surface area contributed by atoms with E-state index in [9.17, 15) is 13.2 Å². The third kappa shape index (κ3) is 5.29. The molecule has 0 saturated carbocycles. The summed E-state index contributed by atoms with van der Waals surface area (Å²) in [5, 5.41) is 7.02. The van der Waals surface area contributed by atoms with Gasteiger partial charge in [-0.3, -0.25) is 4.79 Å². The Morgan fingerprint density at radius 2 is 2.00 bits per heavy atom. The Morgan fingerprint density at radius 1 is 1.43 bits per heavy atom. The molecule has 0 radical (unpaired) electrons. The highest BCUT2D eigenvalue weighted by atomic mass is 35.5. The van der Waals surface area contributed by atoms with Gasteiger partial charge in [0.15, 0.2) is 0 Å². The monoisotopic (exact) mass is 336 g/mol. The maximum atomic E-state index is 12.0. The molecule has 1 aromatic heterocycles. The first kappa shape index (κ1) is 17.9. The first-order valence-corrected chi connectivity index (χ1v) is 8.70. The Morgan fingerprint density at radius 3 is 2.48 bits per heavy atom. The Bertz CT molecular complexity index is 668. The zero-order valence-corrected chi connectivity index (χ0v) is 14.3. The molecule has 0 bridgehead atoms. The third-order valence-electron chi connectivity index (χ3n) is 2.62. The molecule has 7 nitrogen and oxygen atoms in total. The number of rotatable bonds is 6. The van der Waals surface area contributed by atoms with Crippen molar-refractivity contribution in [2.75, 3.05) is 18.1 Å². The largest absolute Gasteiger partial charge is 0.381 e. The van der Waals surface area contributed by atoms with Gasteiger partial charge in [-0.2, -0.15) is 5.10 Å². The Kier molecular flexibility index (Phi) is 5.40. The predicted molar refractivity (Wildman–Crippen MR) is 84.4 cm³/mol. The van der Waals surface area contributed by atoms with Gasteiger partial charge in [0.25, 0.3) is 5.56 Å². The van der Waals surface area contributed by atoms with E-state index < -0.39 is 15.6 Å². The van der Waals surface area contributed by atoms with Gasteiger partial charge in [-0.05, 0) is 27.7 Å². The number of anilines is 1. The number of nitrogens with zero attached hydrogens (tertiary/aromatic N) is 2. The summed E-state index contributed by atoms with van der Waals surface area (Å²) >= 11 is 6.03. The Hall–Kier alpha value is -1.12. The van der Waals surface area contributed by atoms with E-state index in [1.165, 1.54) is 10.9 Å². The van der Waals surface area contributed by atoms with Crippen LogP contribution >= 0.6 is 11.6 Å². The first-order chi connectivity index (χ1) is 9.43. The van der Waals surface area contributed by atoms with E-state index in [4.69, 9.17) is 11.6 Å². The van der Waals surface area contributed by atoms with Gasteiger partial charge in [-0.1, -0.05) is 11.6 Å². The van der Waals surface area contributed by atoms with Crippen molar-refractivity contribution in [1.82, 2.24) is 14.5 Å². The second-order valence-corrected chi connectivity index (χ2v) is 7.95. The SMILES string of the molecule is CC(C)n1ncc(NCC(C)(C)NS(C)(=O)=O)c(Cl)c1=O. The van der Waals surface area contributed by atoms with Gasteiger partial charge in [0.1, 0.15) is 5.02 Å². The lowest BCUT2D eigenvalue weighted by Crippen LogP contribution is -2.48. The average molecular weight is 337 g/mol. The van der Waals surface area contributed by atoms with Gasteiger partial charge in [0, 0.05) is 12.1 Å². The van der Waals surface area contributed by atoms with Crippen LogP contribution in [0, 0.1) is 0 Å². The van der Waals surface area contributed by atoms with E-state index in [0.29, 0.717) is 5.69 Å². The Balaban J connectivity index is 2.91. The fourth-order valence-corrected chi connectivity index (χ4v) is 3.07. The highest BCUT2D eigenvalue weighted by molar-refractivity contribution is 7.88. The van der Waals surface area contributed by atoms with Crippen molar-refractivity contribution in [3.8, 4) is 0 Å². The second-order valence-electron chi connectivity index (χ2n) is 5.83. The lowest BCUT2D eigenvalue weighted by molar-refractivity contribution is 0.475. The molecular weight excluding hydrogens is 316 g/mol. The molecule has 0 aliphatic carbocycles. The Labute approximate surface area is 129 Å². The van der Waals surface area contributed by atoms with Crippen LogP contribution in [-0.4, -0.2) is 36.5 Å². The summed E-state index contributed by atoms with van der Waals surface area (Å²) in [6.07, 6.45) is 2.55. The number of hydrogen-bond donors (Lipinski definition) is 2. The van der Waals surface area contributed by atoms with Crippen molar-refractivity contribution in [3.05, 3.63) is 21.6 Å². The van der Waals surface area contributed by atoms with Crippen LogP contribution in [0.2, 0.25) is 5.02 Å². The smallest absolute Gasteiger partial charge is 0.287 e. The summed E-state index contributed by atoms with van der Waals surface area (Å²) in [5.74, 6) is 0. The van der Waals surface area contributed by atoms with Crippen molar-refractivity contribution in [3.63, 3.8) is 0 Å². The molecule has 0 aromatic carbocycles. The van der Waals surface area contributed by atoms with Crippen LogP contribution in [0.3, 0.4) is 0 Å². The molecule has 1 heterocycles. The van der Waals surface area contributed by atoms with E-state index >= 15 is 0 Å². The van der Waals surface area contributed by atoms with Gasteiger partial charge in [-0.15, -0.1) is 0 Å². The van der Waals surface area contributed by atoms with E-state index in [1.54, 1.807) is 13.8 Å². The summed E-state index contributed by atoms with van der Waals surface area (Å²) in [6, 6.07) is -0.0904. The maximum Gasteiger partial charge on any atom is 0.287 e. The van der Waals surface area contributed by atoms with E-state index in [0.717, 1.165) is 6.26 Å². The van der Waals surface area contributed by atoms with E-state index in [-0.39, 0.29) is 23.2 Å². The highest BCUT2D eigenvalue weighted by Crippen LogP contribution is 2.17.